The lowest BCUT2D eigenvalue weighted by atomic mass is 9.98. The number of hydrogen-bond acceptors (Lipinski definition) is 5. The summed E-state index contributed by atoms with van der Waals surface area (Å²) in [5, 5.41) is 11.9. The number of nitrogens with zero attached hydrogens (tertiary/aromatic N) is 2. The fourth-order valence-electron chi connectivity index (χ4n) is 5.72. The monoisotopic (exact) mass is 477 g/mol. The molecule has 8 heteroatoms. The first-order chi connectivity index (χ1) is 17.0. The zero-order chi connectivity index (χ0) is 24.4. The molecule has 2 amide bonds. The first-order valence-electron chi connectivity index (χ1n) is 12.3. The van der Waals surface area contributed by atoms with Gasteiger partial charge >= 0.3 is 12.1 Å². The van der Waals surface area contributed by atoms with Gasteiger partial charge in [0.1, 0.15) is 6.61 Å². The summed E-state index contributed by atoms with van der Waals surface area (Å²) < 4.78 is 5.66. The first-order valence-corrected chi connectivity index (χ1v) is 12.3. The lowest BCUT2D eigenvalue weighted by molar-refractivity contribution is -0.140. The van der Waals surface area contributed by atoms with Crippen LogP contribution in [0.2, 0.25) is 0 Å². The molecule has 0 unspecified atom stereocenters. The molecule has 0 bridgehead atoms. The van der Waals surface area contributed by atoms with E-state index in [0.29, 0.717) is 32.6 Å². The number of carbonyl (C=O) groups is 3. The maximum absolute atomic E-state index is 12.9. The third kappa shape index (κ3) is 5.03. The van der Waals surface area contributed by atoms with Crippen LogP contribution in [0, 0.1) is 5.92 Å². The Labute approximate surface area is 204 Å². The van der Waals surface area contributed by atoms with Gasteiger partial charge in [-0.2, -0.15) is 0 Å². The zero-order valence-corrected chi connectivity index (χ0v) is 19.7. The fraction of sp³-hybridized carbons (Fsp3) is 0.444. The molecule has 0 radical (unpaired) electrons. The number of ether oxygens (including phenoxy) is 1. The van der Waals surface area contributed by atoms with Crippen molar-refractivity contribution >= 4 is 18.0 Å². The Morgan fingerprint density at radius 3 is 2.17 bits per heavy atom. The van der Waals surface area contributed by atoms with E-state index in [1.807, 2.05) is 34.1 Å². The summed E-state index contributed by atoms with van der Waals surface area (Å²) in [4.78, 5) is 40.1. The molecular weight excluding hydrogens is 446 g/mol. The van der Waals surface area contributed by atoms with Gasteiger partial charge in [-0.1, -0.05) is 48.5 Å². The molecule has 2 N–H and O–H groups in total. The van der Waals surface area contributed by atoms with Crippen LogP contribution in [0.4, 0.5) is 4.79 Å². The van der Waals surface area contributed by atoms with Crippen LogP contribution in [-0.2, 0) is 14.3 Å². The maximum atomic E-state index is 12.9. The molecule has 2 aromatic carbocycles. The number of hydrogen-bond donors (Lipinski definition) is 2. The molecule has 3 aliphatic rings. The highest BCUT2D eigenvalue weighted by atomic mass is 16.5. The minimum absolute atomic E-state index is 0.0115. The summed E-state index contributed by atoms with van der Waals surface area (Å²) in [7, 11) is 0. The van der Waals surface area contributed by atoms with E-state index < -0.39 is 12.1 Å². The molecule has 2 atom stereocenters. The van der Waals surface area contributed by atoms with E-state index in [1.165, 1.54) is 22.3 Å². The van der Waals surface area contributed by atoms with Crippen molar-refractivity contribution in [2.24, 2.45) is 5.92 Å². The molecule has 35 heavy (non-hydrogen) atoms. The van der Waals surface area contributed by atoms with Crippen LogP contribution >= 0.6 is 0 Å². The third-order valence-electron chi connectivity index (χ3n) is 7.49. The summed E-state index contributed by atoms with van der Waals surface area (Å²) in [6.07, 6.45) is 1.66. The van der Waals surface area contributed by atoms with E-state index in [0.717, 1.165) is 12.8 Å². The van der Waals surface area contributed by atoms with Gasteiger partial charge in [0.15, 0.2) is 0 Å². The SMILES string of the molecule is O=C(O)CN1CCN(C(=O)[C@H]2CC[C@@H](NC(=O)OCC3c4ccccc4-c4ccccc43)C2)CC1. The lowest BCUT2D eigenvalue weighted by Crippen LogP contribution is -2.51. The second-order valence-corrected chi connectivity index (χ2v) is 9.67. The fourth-order valence-corrected chi connectivity index (χ4v) is 5.72. The molecule has 0 spiro atoms. The van der Waals surface area contributed by atoms with E-state index >= 15 is 0 Å². The average Bonchev–Trinajstić information content (AvgIpc) is 3.45. The van der Waals surface area contributed by atoms with Crippen LogP contribution < -0.4 is 5.32 Å². The Morgan fingerprint density at radius 1 is 0.914 bits per heavy atom. The molecule has 2 aliphatic carbocycles. The Bertz CT molecular complexity index is 1070. The van der Waals surface area contributed by atoms with E-state index in [4.69, 9.17) is 9.84 Å². The second-order valence-electron chi connectivity index (χ2n) is 9.67. The van der Waals surface area contributed by atoms with E-state index in [1.54, 1.807) is 0 Å². The average molecular weight is 478 g/mol. The molecule has 1 aliphatic heterocycles. The van der Waals surface area contributed by atoms with Gasteiger partial charge in [-0.3, -0.25) is 14.5 Å². The van der Waals surface area contributed by atoms with Crippen LogP contribution in [-0.4, -0.2) is 78.2 Å². The maximum Gasteiger partial charge on any atom is 0.407 e. The van der Waals surface area contributed by atoms with E-state index in [9.17, 15) is 14.4 Å². The van der Waals surface area contributed by atoms with Crippen LogP contribution in [0.3, 0.4) is 0 Å². The standard InChI is InChI=1S/C27H31N3O5/c31-25(32)16-29-11-13-30(14-12-29)26(33)18-9-10-19(15-18)28-27(34)35-17-24-22-7-3-1-5-20(22)21-6-2-4-8-23(21)24/h1-8,18-19,24H,9-17H2,(H,28,34)(H,31,32)/t18-,19+/m0/s1. The Kier molecular flexibility index (Phi) is 6.72. The normalized spacial score (nSPS) is 21.9. The van der Waals surface area contributed by atoms with Crippen LogP contribution in [0.1, 0.15) is 36.3 Å². The predicted molar refractivity (Wildman–Crippen MR) is 130 cm³/mol. The molecule has 0 aromatic heterocycles. The molecule has 2 aromatic rings. The minimum atomic E-state index is -0.845. The third-order valence-corrected chi connectivity index (χ3v) is 7.49. The van der Waals surface area contributed by atoms with E-state index in [-0.39, 0.29) is 36.9 Å². The van der Waals surface area contributed by atoms with Crippen molar-refractivity contribution < 1.29 is 24.2 Å². The number of benzene rings is 2. The van der Waals surface area contributed by atoms with Gasteiger partial charge in [-0.25, -0.2) is 4.79 Å². The number of alkyl carbamates (subject to hydrolysis) is 1. The van der Waals surface area contributed by atoms with Gasteiger partial charge < -0.3 is 20.1 Å². The van der Waals surface area contributed by atoms with Crippen molar-refractivity contribution in [3.63, 3.8) is 0 Å². The van der Waals surface area contributed by atoms with Crippen molar-refractivity contribution in [1.29, 1.82) is 0 Å². The first kappa shape index (κ1) is 23.4. The van der Waals surface area contributed by atoms with Crippen LogP contribution in [0.5, 0.6) is 0 Å². The number of aliphatic carboxylic acids is 1. The number of fused-ring (bicyclic) bond motifs is 3. The number of carboxylic acid groups (broad SMARTS) is 1. The van der Waals surface area contributed by atoms with Gasteiger partial charge in [-0.05, 0) is 41.5 Å². The molecular formula is C27H31N3O5. The predicted octanol–water partition coefficient (Wildman–Crippen LogP) is 2.92. The van der Waals surface area contributed by atoms with Crippen molar-refractivity contribution in [2.45, 2.75) is 31.2 Å². The zero-order valence-electron chi connectivity index (χ0n) is 19.7. The summed E-state index contributed by atoms with van der Waals surface area (Å²) in [6.45, 7) is 2.53. The highest BCUT2D eigenvalue weighted by Crippen LogP contribution is 2.44. The van der Waals surface area contributed by atoms with Gasteiger partial charge in [0, 0.05) is 44.1 Å². The molecule has 8 nitrogen and oxygen atoms in total. The van der Waals surface area contributed by atoms with Gasteiger partial charge in [0.2, 0.25) is 5.91 Å². The highest BCUT2D eigenvalue weighted by molar-refractivity contribution is 5.80. The Morgan fingerprint density at radius 2 is 1.54 bits per heavy atom. The van der Waals surface area contributed by atoms with Gasteiger partial charge in [0.25, 0.3) is 0 Å². The summed E-state index contributed by atoms with van der Waals surface area (Å²) in [5.41, 5.74) is 4.74. The lowest BCUT2D eigenvalue weighted by Gasteiger charge is -2.35. The van der Waals surface area contributed by atoms with Gasteiger partial charge in [0.05, 0.1) is 6.54 Å². The molecule has 2 fully saturated rings. The molecule has 1 saturated heterocycles. The number of rotatable bonds is 6. The number of carboxylic acids is 1. The quantitative estimate of drug-likeness (QED) is 0.664. The van der Waals surface area contributed by atoms with E-state index in [2.05, 4.69) is 29.6 Å². The second kappa shape index (κ2) is 10.1. The number of nitrogens with one attached hydrogen (secondary N) is 1. The Hall–Kier alpha value is -3.39. The summed E-state index contributed by atoms with van der Waals surface area (Å²) in [5.74, 6) is -0.828. The highest BCUT2D eigenvalue weighted by Gasteiger charge is 2.35. The number of amides is 2. The van der Waals surface area contributed by atoms with Crippen LogP contribution in [0.25, 0.3) is 11.1 Å². The smallest absolute Gasteiger partial charge is 0.407 e. The summed E-state index contributed by atoms with van der Waals surface area (Å²) >= 11 is 0. The molecule has 5 rings (SSSR count). The van der Waals surface area contributed by atoms with Crippen molar-refractivity contribution in [1.82, 2.24) is 15.1 Å². The number of piperazine rings is 1. The largest absolute Gasteiger partial charge is 0.480 e. The minimum Gasteiger partial charge on any atom is -0.480 e. The van der Waals surface area contributed by atoms with Crippen molar-refractivity contribution in [3.05, 3.63) is 59.7 Å². The van der Waals surface area contributed by atoms with Gasteiger partial charge in [-0.15, -0.1) is 0 Å². The molecule has 184 valence electrons. The summed E-state index contributed by atoms with van der Waals surface area (Å²) in [6, 6.07) is 16.4. The molecule has 1 saturated carbocycles. The molecule has 1 heterocycles. The Balaban J connectivity index is 1.10. The number of carbonyl (C=O) groups excluding carboxylic acids is 2. The van der Waals surface area contributed by atoms with Crippen LogP contribution in [0.15, 0.2) is 48.5 Å². The topological polar surface area (TPSA) is 99.2 Å². The van der Waals surface area contributed by atoms with Crippen molar-refractivity contribution in [2.75, 3.05) is 39.3 Å². The van der Waals surface area contributed by atoms with Crippen molar-refractivity contribution in [3.8, 4) is 11.1 Å².